The fourth-order valence-corrected chi connectivity index (χ4v) is 4.19. The van der Waals surface area contributed by atoms with Gasteiger partial charge in [-0.1, -0.05) is 11.6 Å². The summed E-state index contributed by atoms with van der Waals surface area (Å²) in [5, 5.41) is 1.62. The molecular weight excluding hydrogens is 314 g/mol. The molecule has 1 aliphatic rings. The Labute approximate surface area is 129 Å². The van der Waals surface area contributed by atoms with Gasteiger partial charge in [-0.05, 0) is 31.0 Å². The largest absolute Gasteiger partial charge is 0.285 e. The van der Waals surface area contributed by atoms with E-state index in [-0.39, 0.29) is 21.4 Å². The Morgan fingerprint density at radius 1 is 1.29 bits per heavy atom. The zero-order valence-corrected chi connectivity index (χ0v) is 13.5. The molecular formula is C13H18ClN3O3S. The monoisotopic (exact) mass is 331 g/mol. The van der Waals surface area contributed by atoms with E-state index in [0.29, 0.717) is 13.1 Å². The van der Waals surface area contributed by atoms with Crippen molar-refractivity contribution < 1.29 is 13.2 Å². The van der Waals surface area contributed by atoms with Crippen LogP contribution in [0.1, 0.15) is 23.2 Å². The number of nitrogens with one attached hydrogen (secondary N) is 1. The van der Waals surface area contributed by atoms with Gasteiger partial charge < -0.3 is 0 Å². The van der Waals surface area contributed by atoms with E-state index < -0.39 is 10.0 Å². The highest BCUT2D eigenvalue weighted by atomic mass is 35.5. The first-order valence-electron chi connectivity index (χ1n) is 6.60. The minimum absolute atomic E-state index is 0.0162. The van der Waals surface area contributed by atoms with Crippen molar-refractivity contribution in [2.45, 2.75) is 17.7 Å². The zero-order valence-electron chi connectivity index (χ0n) is 12.0. The molecule has 6 nitrogen and oxygen atoms in total. The molecule has 0 atom stereocenters. The van der Waals surface area contributed by atoms with Crippen molar-refractivity contribution in [1.82, 2.24) is 14.7 Å². The van der Waals surface area contributed by atoms with Gasteiger partial charge in [-0.25, -0.2) is 13.4 Å². The van der Waals surface area contributed by atoms with Crippen LogP contribution in [0.4, 0.5) is 0 Å². The normalized spacial score (nSPS) is 16.4. The molecule has 0 aliphatic carbocycles. The number of halogens is 1. The van der Waals surface area contributed by atoms with Crippen molar-refractivity contribution in [1.29, 1.82) is 0 Å². The highest BCUT2D eigenvalue weighted by Gasteiger charge is 2.29. The summed E-state index contributed by atoms with van der Waals surface area (Å²) in [6, 6.07) is 4.27. The van der Waals surface area contributed by atoms with Gasteiger partial charge in [0, 0.05) is 32.7 Å². The average Bonchev–Trinajstić information content (AvgIpc) is 2.92. The van der Waals surface area contributed by atoms with E-state index in [1.807, 2.05) is 0 Å². The van der Waals surface area contributed by atoms with Crippen molar-refractivity contribution in [3.63, 3.8) is 0 Å². The molecule has 0 aromatic heterocycles. The number of rotatable bonds is 4. The third-order valence-corrected chi connectivity index (χ3v) is 5.58. The van der Waals surface area contributed by atoms with Crippen LogP contribution in [0.3, 0.4) is 0 Å². The van der Waals surface area contributed by atoms with Gasteiger partial charge >= 0.3 is 0 Å². The third kappa shape index (κ3) is 3.55. The van der Waals surface area contributed by atoms with Gasteiger partial charge in [-0.3, -0.25) is 10.2 Å². The van der Waals surface area contributed by atoms with Crippen molar-refractivity contribution in [2.75, 3.05) is 27.2 Å². The van der Waals surface area contributed by atoms with Crippen LogP contribution < -0.4 is 5.43 Å². The van der Waals surface area contributed by atoms with Gasteiger partial charge in [0.15, 0.2) is 0 Å². The Morgan fingerprint density at radius 2 is 1.90 bits per heavy atom. The Bertz CT molecular complexity index is 640. The third-order valence-electron chi connectivity index (χ3n) is 3.20. The molecule has 1 fully saturated rings. The summed E-state index contributed by atoms with van der Waals surface area (Å²) in [5.41, 5.74) is 2.83. The van der Waals surface area contributed by atoms with Crippen LogP contribution >= 0.6 is 11.6 Å². The minimum atomic E-state index is -3.65. The van der Waals surface area contributed by atoms with Crippen LogP contribution in [-0.4, -0.2) is 50.8 Å². The highest BCUT2D eigenvalue weighted by Crippen LogP contribution is 2.28. The van der Waals surface area contributed by atoms with Crippen molar-refractivity contribution >= 4 is 27.5 Å². The van der Waals surface area contributed by atoms with Crippen molar-refractivity contribution in [2.24, 2.45) is 0 Å². The molecule has 1 aliphatic heterocycles. The van der Waals surface area contributed by atoms with Gasteiger partial charge in [0.2, 0.25) is 10.0 Å². The summed E-state index contributed by atoms with van der Waals surface area (Å²) >= 11 is 6.02. The maximum absolute atomic E-state index is 12.6. The van der Waals surface area contributed by atoms with Gasteiger partial charge in [-0.15, -0.1) is 0 Å². The lowest BCUT2D eigenvalue weighted by Gasteiger charge is -2.17. The molecule has 8 heteroatoms. The molecule has 0 spiro atoms. The standard InChI is InChI=1S/C13H18ClN3O3S/c1-16(2)15-13(18)10-5-6-11(14)12(9-10)21(19,20)17-7-3-4-8-17/h5-6,9H,3-4,7-8H2,1-2H3,(H,15,18). The molecule has 0 radical (unpaired) electrons. The second-order valence-electron chi connectivity index (χ2n) is 5.09. The van der Waals surface area contributed by atoms with Crippen LogP contribution in [0.2, 0.25) is 5.02 Å². The average molecular weight is 332 g/mol. The van der Waals surface area contributed by atoms with E-state index in [1.54, 1.807) is 14.1 Å². The summed E-state index contributed by atoms with van der Waals surface area (Å²) in [4.78, 5) is 11.9. The first kappa shape index (κ1) is 16.2. The number of amides is 1. The molecule has 0 saturated carbocycles. The summed E-state index contributed by atoms with van der Waals surface area (Å²) in [7, 11) is -0.293. The lowest BCUT2D eigenvalue weighted by molar-refractivity contribution is 0.0856. The Kier molecular flexibility index (Phi) is 4.88. The summed E-state index contributed by atoms with van der Waals surface area (Å²) in [6.07, 6.45) is 1.69. The second-order valence-corrected chi connectivity index (χ2v) is 7.41. The lowest BCUT2D eigenvalue weighted by atomic mass is 10.2. The molecule has 1 aromatic rings. The van der Waals surface area contributed by atoms with Gasteiger partial charge in [0.1, 0.15) is 4.90 Å². The maximum Gasteiger partial charge on any atom is 0.265 e. The van der Waals surface area contributed by atoms with Crippen LogP contribution in [0.5, 0.6) is 0 Å². The van der Waals surface area contributed by atoms with Crippen LogP contribution in [-0.2, 0) is 10.0 Å². The molecule has 1 amide bonds. The van der Waals surface area contributed by atoms with E-state index in [2.05, 4.69) is 5.43 Å². The van der Waals surface area contributed by atoms with Crippen LogP contribution in [0, 0.1) is 0 Å². The predicted molar refractivity (Wildman–Crippen MR) is 80.6 cm³/mol. The van der Waals surface area contributed by atoms with Crippen molar-refractivity contribution in [3.05, 3.63) is 28.8 Å². The fourth-order valence-electron chi connectivity index (χ4n) is 2.18. The zero-order chi connectivity index (χ0) is 15.6. The molecule has 1 N–H and O–H groups in total. The van der Waals surface area contributed by atoms with Crippen LogP contribution in [0.25, 0.3) is 0 Å². The Balaban J connectivity index is 2.37. The van der Waals surface area contributed by atoms with E-state index in [9.17, 15) is 13.2 Å². The molecule has 1 saturated heterocycles. The number of carbonyl (C=O) groups excluding carboxylic acids is 1. The summed E-state index contributed by atoms with van der Waals surface area (Å²) in [6.45, 7) is 0.986. The van der Waals surface area contributed by atoms with Gasteiger partial charge in [0.05, 0.1) is 5.02 Å². The smallest absolute Gasteiger partial charge is 0.265 e. The van der Waals surface area contributed by atoms with E-state index >= 15 is 0 Å². The number of benzene rings is 1. The Hall–Kier alpha value is -1.15. The molecule has 0 bridgehead atoms. The molecule has 1 heterocycles. The number of sulfonamides is 1. The van der Waals surface area contributed by atoms with E-state index in [0.717, 1.165) is 12.8 Å². The first-order valence-corrected chi connectivity index (χ1v) is 8.42. The highest BCUT2D eigenvalue weighted by molar-refractivity contribution is 7.89. The van der Waals surface area contributed by atoms with Gasteiger partial charge in [-0.2, -0.15) is 4.31 Å². The number of hydrazine groups is 1. The molecule has 0 unspecified atom stereocenters. The van der Waals surface area contributed by atoms with E-state index in [4.69, 9.17) is 11.6 Å². The lowest BCUT2D eigenvalue weighted by Crippen LogP contribution is -2.36. The predicted octanol–water partition coefficient (Wildman–Crippen LogP) is 1.33. The second kappa shape index (κ2) is 6.31. The van der Waals surface area contributed by atoms with Crippen molar-refractivity contribution in [3.8, 4) is 0 Å². The first-order chi connectivity index (χ1) is 9.82. The number of hydrogen-bond acceptors (Lipinski definition) is 4. The molecule has 2 rings (SSSR count). The Morgan fingerprint density at radius 3 is 2.48 bits per heavy atom. The molecule has 1 aromatic carbocycles. The summed E-state index contributed by atoms with van der Waals surface area (Å²) in [5.74, 6) is -0.380. The fraction of sp³-hybridized carbons (Fsp3) is 0.462. The van der Waals surface area contributed by atoms with Crippen LogP contribution in [0.15, 0.2) is 23.1 Å². The molecule has 21 heavy (non-hydrogen) atoms. The molecule has 116 valence electrons. The number of hydrogen-bond donors (Lipinski definition) is 1. The topological polar surface area (TPSA) is 69.7 Å². The summed E-state index contributed by atoms with van der Waals surface area (Å²) < 4.78 is 26.5. The minimum Gasteiger partial charge on any atom is -0.285 e. The SMILES string of the molecule is CN(C)NC(=O)c1ccc(Cl)c(S(=O)(=O)N2CCCC2)c1. The van der Waals surface area contributed by atoms with Gasteiger partial charge in [0.25, 0.3) is 5.91 Å². The van der Waals surface area contributed by atoms with E-state index in [1.165, 1.54) is 27.5 Å². The quantitative estimate of drug-likeness (QED) is 0.845. The number of carbonyl (C=O) groups is 1. The maximum atomic E-state index is 12.6. The number of nitrogens with zero attached hydrogens (tertiary/aromatic N) is 2.